The third-order valence-electron chi connectivity index (χ3n) is 2.44. The van der Waals surface area contributed by atoms with Crippen LogP contribution < -0.4 is 5.73 Å². The Morgan fingerprint density at radius 1 is 1.29 bits per heavy atom. The lowest BCUT2D eigenvalue weighted by molar-refractivity contribution is -0.149. The third kappa shape index (κ3) is 2.16. The Morgan fingerprint density at radius 2 is 2.00 bits per heavy atom. The molecular weight excluding hydrogens is 233 g/mol. The van der Waals surface area contributed by atoms with E-state index >= 15 is 0 Å². The van der Waals surface area contributed by atoms with Crippen LogP contribution in [0, 0.1) is 0 Å². The molecule has 2 rings (SSSR count). The van der Waals surface area contributed by atoms with Crippen LogP contribution in [0.5, 0.6) is 5.75 Å². The summed E-state index contributed by atoms with van der Waals surface area (Å²) in [6, 6.07) is 3.38. The van der Waals surface area contributed by atoms with Crippen molar-refractivity contribution in [1.29, 1.82) is 0 Å². The van der Waals surface area contributed by atoms with E-state index in [9.17, 15) is 18.3 Å². The van der Waals surface area contributed by atoms with Gasteiger partial charge in [0.05, 0.1) is 5.52 Å². The van der Waals surface area contributed by atoms with Crippen LogP contribution in [0.3, 0.4) is 0 Å². The predicted octanol–water partition coefficient (Wildman–Crippen LogP) is 2.50. The average Bonchev–Trinajstić information content (AvgIpc) is 2.26. The Morgan fingerprint density at radius 3 is 2.65 bits per heavy atom. The maximum Gasteiger partial charge on any atom is 0.407 e. The number of rotatable bonds is 1. The lowest BCUT2D eigenvalue weighted by atomic mass is 10.0. The molecule has 0 saturated carbocycles. The van der Waals surface area contributed by atoms with Crippen molar-refractivity contribution in [2.75, 3.05) is 0 Å². The molecule has 1 atom stereocenters. The molecule has 0 unspecified atom stereocenters. The van der Waals surface area contributed by atoms with Crippen LogP contribution in [-0.4, -0.2) is 16.3 Å². The highest BCUT2D eigenvalue weighted by atomic mass is 19.4. The molecule has 2 aromatic rings. The van der Waals surface area contributed by atoms with Crippen molar-refractivity contribution >= 4 is 10.9 Å². The fraction of sp³-hybridized carbons (Fsp3) is 0.182. The van der Waals surface area contributed by atoms with Gasteiger partial charge >= 0.3 is 6.18 Å². The van der Waals surface area contributed by atoms with Gasteiger partial charge in [-0.05, 0) is 12.1 Å². The average molecular weight is 242 g/mol. The molecule has 0 fully saturated rings. The number of fused-ring (bicyclic) bond motifs is 1. The van der Waals surface area contributed by atoms with Gasteiger partial charge in [0, 0.05) is 23.2 Å². The van der Waals surface area contributed by atoms with E-state index in [-0.39, 0.29) is 5.56 Å². The van der Waals surface area contributed by atoms with Gasteiger partial charge in [-0.3, -0.25) is 4.98 Å². The first kappa shape index (κ1) is 11.7. The number of halogens is 3. The second kappa shape index (κ2) is 3.89. The molecule has 0 saturated heterocycles. The van der Waals surface area contributed by atoms with Crippen molar-refractivity contribution in [3.05, 3.63) is 36.0 Å². The largest absolute Gasteiger partial charge is 0.508 e. The molecule has 0 bridgehead atoms. The van der Waals surface area contributed by atoms with Gasteiger partial charge in [0.2, 0.25) is 0 Å². The second-order valence-corrected chi connectivity index (χ2v) is 3.63. The number of phenolic OH excluding ortho intramolecular Hbond substituents is 1. The van der Waals surface area contributed by atoms with E-state index in [0.29, 0.717) is 10.9 Å². The van der Waals surface area contributed by atoms with Crippen molar-refractivity contribution < 1.29 is 18.3 Å². The van der Waals surface area contributed by atoms with E-state index in [4.69, 9.17) is 5.73 Å². The number of phenols is 1. The number of hydrogen-bond acceptors (Lipinski definition) is 3. The van der Waals surface area contributed by atoms with Crippen LogP contribution in [0.2, 0.25) is 0 Å². The predicted molar refractivity (Wildman–Crippen MR) is 56.4 cm³/mol. The molecule has 0 amide bonds. The molecule has 3 nitrogen and oxygen atoms in total. The van der Waals surface area contributed by atoms with Crippen LogP contribution in [-0.2, 0) is 0 Å². The fourth-order valence-corrected chi connectivity index (χ4v) is 1.55. The van der Waals surface area contributed by atoms with Crippen LogP contribution in [0.25, 0.3) is 10.9 Å². The molecule has 0 aliphatic heterocycles. The fourth-order valence-electron chi connectivity index (χ4n) is 1.55. The molecule has 6 heteroatoms. The Labute approximate surface area is 94.7 Å². The number of alkyl halides is 3. The van der Waals surface area contributed by atoms with Gasteiger partial charge < -0.3 is 10.8 Å². The zero-order valence-corrected chi connectivity index (χ0v) is 8.57. The van der Waals surface area contributed by atoms with Crippen molar-refractivity contribution in [3.63, 3.8) is 0 Å². The van der Waals surface area contributed by atoms with Crippen LogP contribution in [0.1, 0.15) is 11.6 Å². The topological polar surface area (TPSA) is 59.1 Å². The maximum absolute atomic E-state index is 12.5. The van der Waals surface area contributed by atoms with Gasteiger partial charge in [0.25, 0.3) is 0 Å². The third-order valence-corrected chi connectivity index (χ3v) is 2.44. The summed E-state index contributed by atoms with van der Waals surface area (Å²) in [5.74, 6) is -0.499. The first-order chi connectivity index (χ1) is 7.89. The van der Waals surface area contributed by atoms with E-state index in [0.717, 1.165) is 0 Å². The molecule has 0 aliphatic rings. The molecule has 1 aromatic heterocycles. The summed E-state index contributed by atoms with van der Waals surface area (Å²) in [6.45, 7) is 0. The molecule has 1 aromatic carbocycles. The van der Waals surface area contributed by atoms with E-state index in [1.807, 2.05) is 0 Å². The Balaban J connectivity index is 2.58. The highest BCUT2D eigenvalue weighted by Gasteiger charge is 2.39. The number of hydrogen-bond donors (Lipinski definition) is 2. The number of aromatic hydroxyl groups is 1. The molecule has 0 spiro atoms. The number of aromatic nitrogens is 1. The lowest BCUT2D eigenvalue weighted by Gasteiger charge is -2.17. The van der Waals surface area contributed by atoms with Gasteiger partial charge in [0.1, 0.15) is 11.8 Å². The van der Waals surface area contributed by atoms with Gasteiger partial charge in [-0.25, -0.2) is 0 Å². The molecular formula is C11H9F3N2O. The van der Waals surface area contributed by atoms with E-state index < -0.39 is 18.0 Å². The van der Waals surface area contributed by atoms with E-state index in [1.165, 1.54) is 18.3 Å². The SMILES string of the molecule is N[C@H](c1cc2cccnc2cc1O)C(F)(F)F. The molecule has 0 aliphatic carbocycles. The quantitative estimate of drug-likeness (QED) is 0.807. The van der Waals surface area contributed by atoms with E-state index in [2.05, 4.69) is 4.98 Å². The minimum atomic E-state index is -4.59. The van der Waals surface area contributed by atoms with Crippen molar-refractivity contribution in [1.82, 2.24) is 4.98 Å². The van der Waals surface area contributed by atoms with Crippen LogP contribution >= 0.6 is 0 Å². The Hall–Kier alpha value is -1.82. The van der Waals surface area contributed by atoms with Gasteiger partial charge in [0.15, 0.2) is 0 Å². The first-order valence-corrected chi connectivity index (χ1v) is 4.79. The summed E-state index contributed by atoms with van der Waals surface area (Å²) in [7, 11) is 0. The second-order valence-electron chi connectivity index (χ2n) is 3.63. The summed E-state index contributed by atoms with van der Waals surface area (Å²) in [4.78, 5) is 3.92. The number of nitrogens with two attached hydrogens (primary N) is 1. The number of pyridine rings is 1. The van der Waals surface area contributed by atoms with Crippen molar-refractivity contribution in [2.45, 2.75) is 12.2 Å². The summed E-state index contributed by atoms with van der Waals surface area (Å²) in [5.41, 5.74) is 5.13. The summed E-state index contributed by atoms with van der Waals surface area (Å²) in [6.07, 6.45) is -3.10. The number of benzene rings is 1. The zero-order chi connectivity index (χ0) is 12.6. The lowest BCUT2D eigenvalue weighted by Crippen LogP contribution is -2.28. The maximum atomic E-state index is 12.5. The number of nitrogens with zero attached hydrogens (tertiary/aromatic N) is 1. The summed E-state index contributed by atoms with van der Waals surface area (Å²) >= 11 is 0. The molecule has 17 heavy (non-hydrogen) atoms. The smallest absolute Gasteiger partial charge is 0.407 e. The van der Waals surface area contributed by atoms with Crippen LogP contribution in [0.15, 0.2) is 30.5 Å². The van der Waals surface area contributed by atoms with Crippen LogP contribution in [0.4, 0.5) is 13.2 Å². The zero-order valence-electron chi connectivity index (χ0n) is 8.57. The first-order valence-electron chi connectivity index (χ1n) is 4.79. The minimum Gasteiger partial charge on any atom is -0.508 e. The molecule has 3 N–H and O–H groups in total. The standard InChI is InChI=1S/C11H9F3N2O/c12-11(13,14)10(15)7-4-6-2-1-3-16-8(6)5-9(7)17/h1-5,10,17H,15H2/t10-/m1/s1. The van der Waals surface area contributed by atoms with Crippen molar-refractivity contribution in [3.8, 4) is 5.75 Å². The molecule has 0 radical (unpaired) electrons. The highest BCUT2D eigenvalue weighted by molar-refractivity contribution is 5.81. The van der Waals surface area contributed by atoms with E-state index in [1.54, 1.807) is 12.1 Å². The normalized spacial score (nSPS) is 13.9. The highest BCUT2D eigenvalue weighted by Crippen LogP contribution is 2.36. The van der Waals surface area contributed by atoms with Gasteiger partial charge in [-0.2, -0.15) is 13.2 Å². The van der Waals surface area contributed by atoms with Gasteiger partial charge in [-0.1, -0.05) is 6.07 Å². The summed E-state index contributed by atoms with van der Waals surface area (Å²) < 4.78 is 37.4. The monoisotopic (exact) mass is 242 g/mol. The molecule has 1 heterocycles. The minimum absolute atomic E-state index is 0.349. The Bertz CT molecular complexity index is 554. The Kier molecular flexibility index (Phi) is 2.66. The van der Waals surface area contributed by atoms with Crippen molar-refractivity contribution in [2.24, 2.45) is 5.73 Å². The summed E-state index contributed by atoms with van der Waals surface area (Å²) in [5, 5.41) is 10.0. The molecule has 90 valence electrons. The van der Waals surface area contributed by atoms with Gasteiger partial charge in [-0.15, -0.1) is 0 Å².